The van der Waals surface area contributed by atoms with Gasteiger partial charge in [0.1, 0.15) is 0 Å². The lowest BCUT2D eigenvalue weighted by molar-refractivity contribution is -0.119. The number of esters is 1. The lowest BCUT2D eigenvalue weighted by Gasteiger charge is -2.08. The molecule has 3 rings (SSSR count). The maximum absolute atomic E-state index is 13.6. The lowest BCUT2D eigenvalue weighted by atomic mass is 10.2. The third-order valence-electron chi connectivity index (χ3n) is 3.38. The zero-order valence-electron chi connectivity index (χ0n) is 13.2. The van der Waals surface area contributed by atoms with Gasteiger partial charge in [0.25, 0.3) is 5.91 Å². The molecule has 2 aromatic rings. The highest BCUT2D eigenvalue weighted by molar-refractivity contribution is 5.95. The summed E-state index contributed by atoms with van der Waals surface area (Å²) in [6.45, 7) is -0.385. The van der Waals surface area contributed by atoms with E-state index in [-0.39, 0.29) is 18.1 Å². The molecule has 0 unspecified atom stereocenters. The number of benzene rings is 2. The summed E-state index contributed by atoms with van der Waals surface area (Å²) >= 11 is 0. The smallest absolute Gasteiger partial charge is 0.338 e. The number of ether oxygens (including phenoxy) is 4. The Kier molecular flexibility index (Phi) is 4.69. The molecule has 0 aliphatic carbocycles. The summed E-state index contributed by atoms with van der Waals surface area (Å²) in [5.74, 6) is -0.933. The first-order chi connectivity index (χ1) is 12.1. The molecule has 1 aliphatic heterocycles. The molecule has 130 valence electrons. The van der Waals surface area contributed by atoms with Crippen LogP contribution in [0.15, 0.2) is 36.4 Å². The first-order valence-corrected chi connectivity index (χ1v) is 7.27. The number of hydrogen-bond donors (Lipinski definition) is 1. The van der Waals surface area contributed by atoms with Crippen LogP contribution in [-0.2, 0) is 9.53 Å². The normalized spacial score (nSPS) is 11.8. The molecule has 2 aromatic carbocycles. The Morgan fingerprint density at radius 3 is 2.72 bits per heavy atom. The average Bonchev–Trinajstić information content (AvgIpc) is 3.07. The largest absolute Gasteiger partial charge is 0.494 e. The van der Waals surface area contributed by atoms with E-state index in [1.807, 2.05) is 0 Å². The van der Waals surface area contributed by atoms with Crippen molar-refractivity contribution in [3.63, 3.8) is 0 Å². The van der Waals surface area contributed by atoms with Crippen LogP contribution in [0.2, 0.25) is 0 Å². The Balaban J connectivity index is 1.55. The minimum Gasteiger partial charge on any atom is -0.494 e. The van der Waals surface area contributed by atoms with Crippen LogP contribution in [0.25, 0.3) is 0 Å². The van der Waals surface area contributed by atoms with Gasteiger partial charge in [-0.15, -0.1) is 0 Å². The van der Waals surface area contributed by atoms with Crippen LogP contribution in [0.3, 0.4) is 0 Å². The summed E-state index contributed by atoms with van der Waals surface area (Å²) in [5, 5.41) is 2.56. The predicted molar refractivity (Wildman–Crippen MR) is 84.4 cm³/mol. The van der Waals surface area contributed by atoms with E-state index in [0.717, 1.165) is 6.07 Å². The highest BCUT2D eigenvalue weighted by Crippen LogP contribution is 2.34. The molecule has 1 amide bonds. The Morgan fingerprint density at radius 1 is 1.16 bits per heavy atom. The molecule has 0 aromatic heterocycles. The van der Waals surface area contributed by atoms with Gasteiger partial charge in [-0.05, 0) is 30.3 Å². The van der Waals surface area contributed by atoms with Gasteiger partial charge in [0, 0.05) is 11.8 Å². The Hall–Kier alpha value is -3.29. The third-order valence-corrected chi connectivity index (χ3v) is 3.38. The summed E-state index contributed by atoms with van der Waals surface area (Å²) in [6.07, 6.45) is 0. The van der Waals surface area contributed by atoms with E-state index >= 15 is 0 Å². The standard InChI is InChI=1S/C17H14FNO6/c1-22-13-4-2-10(6-12(13)18)17(21)23-8-16(20)19-11-3-5-14-15(7-11)25-9-24-14/h2-7H,8-9H2,1H3,(H,19,20). The number of rotatable bonds is 5. The molecule has 0 bridgehead atoms. The van der Waals surface area contributed by atoms with E-state index in [4.69, 9.17) is 18.9 Å². The number of halogens is 1. The van der Waals surface area contributed by atoms with E-state index in [0.29, 0.717) is 17.2 Å². The van der Waals surface area contributed by atoms with Crippen LogP contribution in [0.4, 0.5) is 10.1 Å². The van der Waals surface area contributed by atoms with Crippen molar-refractivity contribution >= 4 is 17.6 Å². The van der Waals surface area contributed by atoms with E-state index in [1.165, 1.54) is 19.2 Å². The monoisotopic (exact) mass is 347 g/mol. The van der Waals surface area contributed by atoms with Crippen LogP contribution in [0.5, 0.6) is 17.2 Å². The second-order valence-electron chi connectivity index (χ2n) is 5.04. The van der Waals surface area contributed by atoms with Crippen molar-refractivity contribution in [3.8, 4) is 17.2 Å². The molecule has 8 heteroatoms. The number of anilines is 1. The van der Waals surface area contributed by atoms with Crippen molar-refractivity contribution in [1.82, 2.24) is 0 Å². The summed E-state index contributed by atoms with van der Waals surface area (Å²) < 4.78 is 33.6. The second kappa shape index (κ2) is 7.08. The first kappa shape index (κ1) is 16.6. The van der Waals surface area contributed by atoms with Gasteiger partial charge >= 0.3 is 5.97 Å². The van der Waals surface area contributed by atoms with Crippen LogP contribution in [0.1, 0.15) is 10.4 Å². The van der Waals surface area contributed by atoms with Crippen molar-refractivity contribution in [3.05, 3.63) is 47.8 Å². The van der Waals surface area contributed by atoms with Gasteiger partial charge < -0.3 is 24.3 Å². The van der Waals surface area contributed by atoms with Gasteiger partial charge in [-0.2, -0.15) is 0 Å². The molecule has 1 N–H and O–H groups in total. The molecule has 1 heterocycles. The molecule has 0 atom stereocenters. The zero-order valence-corrected chi connectivity index (χ0v) is 13.2. The van der Waals surface area contributed by atoms with Gasteiger partial charge in [-0.25, -0.2) is 9.18 Å². The Bertz CT molecular complexity index is 823. The van der Waals surface area contributed by atoms with Crippen molar-refractivity contribution in [1.29, 1.82) is 0 Å². The quantitative estimate of drug-likeness (QED) is 0.836. The molecule has 0 spiro atoms. The fourth-order valence-corrected chi connectivity index (χ4v) is 2.18. The zero-order chi connectivity index (χ0) is 17.8. The lowest BCUT2D eigenvalue weighted by Crippen LogP contribution is -2.21. The van der Waals surface area contributed by atoms with Crippen molar-refractivity contribution in [2.24, 2.45) is 0 Å². The second-order valence-corrected chi connectivity index (χ2v) is 5.04. The topological polar surface area (TPSA) is 83.1 Å². The third kappa shape index (κ3) is 3.79. The molecule has 1 aliphatic rings. The van der Waals surface area contributed by atoms with Gasteiger partial charge in [-0.1, -0.05) is 0 Å². The maximum atomic E-state index is 13.6. The van der Waals surface area contributed by atoms with E-state index < -0.39 is 24.3 Å². The number of amides is 1. The number of carbonyl (C=O) groups excluding carboxylic acids is 2. The number of carbonyl (C=O) groups is 2. The molecular weight excluding hydrogens is 333 g/mol. The van der Waals surface area contributed by atoms with E-state index in [1.54, 1.807) is 18.2 Å². The summed E-state index contributed by atoms with van der Waals surface area (Å²) in [4.78, 5) is 23.7. The fraction of sp³-hybridized carbons (Fsp3) is 0.176. The van der Waals surface area contributed by atoms with Gasteiger partial charge in [-0.3, -0.25) is 4.79 Å². The minimum atomic E-state index is -0.817. The highest BCUT2D eigenvalue weighted by atomic mass is 19.1. The van der Waals surface area contributed by atoms with Gasteiger partial charge in [0.15, 0.2) is 29.7 Å². The fourth-order valence-electron chi connectivity index (χ4n) is 2.18. The highest BCUT2D eigenvalue weighted by Gasteiger charge is 2.16. The van der Waals surface area contributed by atoms with E-state index in [2.05, 4.69) is 5.32 Å². The molecule has 0 saturated carbocycles. The number of nitrogens with one attached hydrogen (secondary N) is 1. The maximum Gasteiger partial charge on any atom is 0.338 e. The number of methoxy groups -OCH3 is 1. The van der Waals surface area contributed by atoms with Crippen LogP contribution >= 0.6 is 0 Å². The first-order valence-electron chi connectivity index (χ1n) is 7.27. The Labute approximate surface area is 142 Å². The molecule has 25 heavy (non-hydrogen) atoms. The van der Waals surface area contributed by atoms with Gasteiger partial charge in [0.2, 0.25) is 6.79 Å². The average molecular weight is 347 g/mol. The Morgan fingerprint density at radius 2 is 1.96 bits per heavy atom. The minimum absolute atomic E-state index is 0.0112. The van der Waals surface area contributed by atoms with Crippen LogP contribution in [0, 0.1) is 5.82 Å². The molecule has 0 fully saturated rings. The van der Waals surface area contributed by atoms with Crippen molar-refractivity contribution < 1.29 is 32.9 Å². The molecule has 0 saturated heterocycles. The molecule has 7 nitrogen and oxygen atoms in total. The van der Waals surface area contributed by atoms with Crippen molar-refractivity contribution in [2.75, 3.05) is 25.8 Å². The van der Waals surface area contributed by atoms with Gasteiger partial charge in [0.05, 0.1) is 12.7 Å². The number of fused-ring (bicyclic) bond motifs is 1. The summed E-state index contributed by atoms with van der Waals surface area (Å²) in [6, 6.07) is 8.52. The molecular formula is C17H14FNO6. The van der Waals surface area contributed by atoms with Crippen molar-refractivity contribution in [2.45, 2.75) is 0 Å². The number of hydrogen-bond acceptors (Lipinski definition) is 6. The van der Waals surface area contributed by atoms with Crippen LogP contribution < -0.4 is 19.5 Å². The molecule has 0 radical (unpaired) electrons. The summed E-state index contributed by atoms with van der Waals surface area (Å²) in [7, 11) is 1.32. The SMILES string of the molecule is COc1ccc(C(=O)OCC(=O)Nc2ccc3c(c2)OCO3)cc1F. The predicted octanol–water partition coefficient (Wildman–Crippen LogP) is 2.36. The van der Waals surface area contributed by atoms with Crippen LogP contribution in [-0.4, -0.2) is 32.4 Å². The summed E-state index contributed by atoms with van der Waals surface area (Å²) in [5.41, 5.74) is 0.454. The van der Waals surface area contributed by atoms with E-state index in [9.17, 15) is 14.0 Å².